The molecule has 35 heavy (non-hydrogen) atoms. The van der Waals surface area contributed by atoms with Crippen LogP contribution in [0.2, 0.25) is 5.02 Å². The van der Waals surface area contributed by atoms with Crippen LogP contribution in [0.25, 0.3) is 0 Å². The first-order chi connectivity index (χ1) is 16.7. The number of aromatic nitrogens is 1. The molecular formula is C25H31ClF2N4O2S. The van der Waals surface area contributed by atoms with Gasteiger partial charge in [-0.05, 0) is 43.9 Å². The molecule has 0 unspecified atom stereocenters. The lowest BCUT2D eigenvalue weighted by Crippen LogP contribution is -2.48. The lowest BCUT2D eigenvalue weighted by atomic mass is 9.97. The Morgan fingerprint density at radius 3 is 2.71 bits per heavy atom. The van der Waals surface area contributed by atoms with Crippen molar-refractivity contribution < 1.29 is 18.4 Å². The summed E-state index contributed by atoms with van der Waals surface area (Å²) in [5.74, 6) is -3.06. The van der Waals surface area contributed by atoms with Crippen molar-refractivity contribution in [2.45, 2.75) is 82.8 Å². The van der Waals surface area contributed by atoms with Crippen molar-refractivity contribution in [2.24, 2.45) is 5.92 Å². The smallest absolute Gasteiger partial charge is 0.270 e. The largest absolute Gasteiger partial charge is 0.376 e. The average molecular weight is 525 g/mol. The fourth-order valence-corrected chi connectivity index (χ4v) is 6.02. The Bertz CT molecular complexity index is 1060. The summed E-state index contributed by atoms with van der Waals surface area (Å²) in [4.78, 5) is 32.0. The number of nitrogens with zero attached hydrogens (tertiary/aromatic N) is 2. The van der Waals surface area contributed by atoms with Crippen molar-refractivity contribution in [1.82, 2.24) is 10.3 Å². The summed E-state index contributed by atoms with van der Waals surface area (Å²) in [5, 5.41) is 7.10. The Morgan fingerprint density at radius 1 is 1.37 bits per heavy atom. The zero-order valence-electron chi connectivity index (χ0n) is 19.9. The van der Waals surface area contributed by atoms with Gasteiger partial charge in [0.05, 0.1) is 33.5 Å². The van der Waals surface area contributed by atoms with Crippen LogP contribution in [-0.4, -0.2) is 35.3 Å². The van der Waals surface area contributed by atoms with Crippen LogP contribution < -0.4 is 15.5 Å². The molecule has 10 heteroatoms. The molecule has 0 bridgehead atoms. The molecule has 0 spiro atoms. The highest BCUT2D eigenvalue weighted by molar-refractivity contribution is 7.16. The number of aryl methyl sites for hydroxylation is 1. The first-order valence-electron chi connectivity index (χ1n) is 12.1. The molecule has 4 rings (SSSR count). The highest BCUT2D eigenvalue weighted by atomic mass is 35.5. The van der Waals surface area contributed by atoms with Gasteiger partial charge in [0.2, 0.25) is 12.3 Å². The van der Waals surface area contributed by atoms with Gasteiger partial charge in [-0.2, -0.15) is 0 Å². The minimum atomic E-state index is -2.86. The Kier molecular flexibility index (Phi) is 7.96. The number of hydrogen-bond acceptors (Lipinski definition) is 5. The van der Waals surface area contributed by atoms with E-state index in [9.17, 15) is 18.4 Å². The average Bonchev–Trinajstić information content (AvgIpc) is 3.25. The summed E-state index contributed by atoms with van der Waals surface area (Å²) in [6.45, 7) is 3.95. The molecule has 0 aliphatic heterocycles. The van der Waals surface area contributed by atoms with E-state index in [0.717, 1.165) is 48.4 Å². The maximum atomic E-state index is 13.5. The van der Waals surface area contributed by atoms with Crippen molar-refractivity contribution in [3.8, 4) is 0 Å². The maximum Gasteiger partial charge on any atom is 0.270 e. The zero-order valence-corrected chi connectivity index (χ0v) is 21.5. The SMILES string of the molecule is CC[C@@H](Nc1cc(Cl)cnc1C)c1ccc(N(C=O)[C@@H](CC2CCCC2)C(=O)N[C@H]2CC2(F)F)s1. The molecule has 2 aromatic heterocycles. The van der Waals surface area contributed by atoms with E-state index in [-0.39, 0.29) is 12.5 Å². The van der Waals surface area contributed by atoms with Crippen LogP contribution in [0.1, 0.15) is 68.5 Å². The van der Waals surface area contributed by atoms with E-state index in [1.807, 2.05) is 32.0 Å². The van der Waals surface area contributed by atoms with Gasteiger partial charge in [-0.15, -0.1) is 11.3 Å². The molecule has 0 radical (unpaired) electrons. The number of amides is 2. The molecular weight excluding hydrogens is 494 g/mol. The third kappa shape index (κ3) is 6.12. The van der Waals surface area contributed by atoms with Gasteiger partial charge in [-0.25, -0.2) is 8.78 Å². The molecule has 2 aromatic rings. The second-order valence-corrected chi connectivity index (χ2v) is 11.0. The van der Waals surface area contributed by atoms with Crippen LogP contribution in [0.15, 0.2) is 24.4 Å². The topological polar surface area (TPSA) is 74.3 Å². The predicted molar refractivity (Wildman–Crippen MR) is 135 cm³/mol. The number of pyridine rings is 1. The van der Waals surface area contributed by atoms with Gasteiger partial charge in [0.25, 0.3) is 5.92 Å². The molecule has 2 aliphatic carbocycles. The predicted octanol–water partition coefficient (Wildman–Crippen LogP) is 6.10. The normalized spacial score (nSPS) is 20.8. The molecule has 2 fully saturated rings. The number of halogens is 3. The summed E-state index contributed by atoms with van der Waals surface area (Å²) in [5.41, 5.74) is 1.65. The van der Waals surface area contributed by atoms with Crippen molar-refractivity contribution in [3.05, 3.63) is 40.0 Å². The van der Waals surface area contributed by atoms with Crippen LogP contribution in [0, 0.1) is 12.8 Å². The monoisotopic (exact) mass is 524 g/mol. The van der Waals surface area contributed by atoms with Gasteiger partial charge < -0.3 is 10.6 Å². The van der Waals surface area contributed by atoms with Crippen molar-refractivity contribution in [3.63, 3.8) is 0 Å². The summed E-state index contributed by atoms with van der Waals surface area (Å²) >= 11 is 7.53. The number of nitrogens with one attached hydrogen (secondary N) is 2. The highest BCUT2D eigenvalue weighted by Gasteiger charge is 2.58. The Labute approximate surface area is 213 Å². The quantitative estimate of drug-likeness (QED) is 0.348. The van der Waals surface area contributed by atoms with Crippen molar-refractivity contribution in [2.75, 3.05) is 10.2 Å². The number of rotatable bonds is 11. The van der Waals surface area contributed by atoms with E-state index in [1.54, 1.807) is 6.20 Å². The first-order valence-corrected chi connectivity index (χ1v) is 13.3. The molecule has 0 aromatic carbocycles. The lowest BCUT2D eigenvalue weighted by molar-refractivity contribution is -0.125. The van der Waals surface area contributed by atoms with Gasteiger partial charge in [0, 0.05) is 17.5 Å². The second-order valence-electron chi connectivity index (χ2n) is 9.51. The minimum absolute atomic E-state index is 0.0477. The van der Waals surface area contributed by atoms with Gasteiger partial charge in [-0.1, -0.05) is 44.2 Å². The number of hydrogen-bond donors (Lipinski definition) is 2. The van der Waals surface area contributed by atoms with Crippen LogP contribution >= 0.6 is 22.9 Å². The second kappa shape index (κ2) is 10.8. The molecule has 2 amide bonds. The van der Waals surface area contributed by atoms with E-state index in [0.29, 0.717) is 28.8 Å². The molecule has 2 N–H and O–H groups in total. The number of thiophene rings is 1. The Hall–Kier alpha value is -2.26. The van der Waals surface area contributed by atoms with Crippen molar-refractivity contribution >= 4 is 45.9 Å². The van der Waals surface area contributed by atoms with Crippen LogP contribution in [0.3, 0.4) is 0 Å². The van der Waals surface area contributed by atoms with E-state index in [1.165, 1.54) is 16.2 Å². The molecule has 190 valence electrons. The van der Waals surface area contributed by atoms with Crippen molar-refractivity contribution in [1.29, 1.82) is 0 Å². The molecule has 2 saturated carbocycles. The lowest BCUT2D eigenvalue weighted by Gasteiger charge is -2.28. The van der Waals surface area contributed by atoms with Gasteiger partial charge >= 0.3 is 0 Å². The molecule has 2 aliphatic rings. The number of carbonyl (C=O) groups is 2. The van der Waals surface area contributed by atoms with E-state index in [4.69, 9.17) is 11.6 Å². The molecule has 3 atom stereocenters. The highest BCUT2D eigenvalue weighted by Crippen LogP contribution is 2.42. The maximum absolute atomic E-state index is 13.5. The van der Waals surface area contributed by atoms with Crippen LogP contribution in [-0.2, 0) is 9.59 Å². The van der Waals surface area contributed by atoms with Gasteiger partial charge in [0.1, 0.15) is 6.04 Å². The number of carbonyl (C=O) groups excluding carboxylic acids is 2. The summed E-state index contributed by atoms with van der Waals surface area (Å²) in [6, 6.07) is 3.58. The van der Waals surface area contributed by atoms with E-state index >= 15 is 0 Å². The molecule has 0 saturated heterocycles. The zero-order chi connectivity index (χ0) is 25.2. The fraction of sp³-hybridized carbons (Fsp3) is 0.560. The van der Waals surface area contributed by atoms with E-state index in [2.05, 4.69) is 15.6 Å². The van der Waals surface area contributed by atoms with Gasteiger partial charge in [-0.3, -0.25) is 19.5 Å². The molecule has 2 heterocycles. The van der Waals surface area contributed by atoms with Gasteiger partial charge in [0.15, 0.2) is 0 Å². The third-order valence-electron chi connectivity index (χ3n) is 6.93. The third-order valence-corrected chi connectivity index (χ3v) is 8.35. The Morgan fingerprint density at radius 2 is 2.09 bits per heavy atom. The van der Waals surface area contributed by atoms with E-state index < -0.39 is 23.9 Å². The number of anilines is 2. The number of alkyl halides is 2. The summed E-state index contributed by atoms with van der Waals surface area (Å²) in [6.07, 6.45) is 7.30. The molecule has 6 nitrogen and oxygen atoms in total. The minimum Gasteiger partial charge on any atom is -0.376 e. The first kappa shape index (κ1) is 25.8. The van der Waals surface area contributed by atoms with Crippen LogP contribution in [0.4, 0.5) is 19.5 Å². The summed E-state index contributed by atoms with van der Waals surface area (Å²) in [7, 11) is 0. The van der Waals surface area contributed by atoms with Crippen LogP contribution in [0.5, 0.6) is 0 Å². The Balaban J connectivity index is 1.54. The summed E-state index contributed by atoms with van der Waals surface area (Å²) < 4.78 is 27.0. The standard InChI is InChI=1S/C25H31ClF2N4O2S/c1-3-18(30-19-11-17(26)13-29-15(19)2)21-8-9-23(35-21)32(14-33)20(10-16-6-4-5-7-16)24(34)31-22-12-25(22,27)28/h8-9,11,13-14,16,18,20,22,30H,3-7,10,12H2,1-2H3,(H,31,34)/t18-,20+,22+/m1/s1. The fourth-order valence-electron chi connectivity index (χ4n) is 4.71.